The molecule has 2 heterocycles. The van der Waals surface area contributed by atoms with Crippen molar-refractivity contribution in [3.8, 4) is 11.5 Å². The number of aliphatic carboxylic acids is 1. The first kappa shape index (κ1) is 24.8. The molecule has 2 amide bonds. The highest BCUT2D eigenvalue weighted by atomic mass is 32.1. The number of carbonyl (C=O) groups is 3. The van der Waals surface area contributed by atoms with Crippen molar-refractivity contribution in [3.63, 3.8) is 0 Å². The predicted molar refractivity (Wildman–Crippen MR) is 127 cm³/mol. The van der Waals surface area contributed by atoms with Crippen LogP contribution in [0.1, 0.15) is 51.5 Å². The van der Waals surface area contributed by atoms with Crippen molar-refractivity contribution in [3.05, 3.63) is 42.3 Å². The smallest absolute Gasteiger partial charge is 0.326 e. The van der Waals surface area contributed by atoms with Gasteiger partial charge in [0.2, 0.25) is 11.8 Å². The zero-order valence-electron chi connectivity index (χ0n) is 18.9. The van der Waals surface area contributed by atoms with Gasteiger partial charge in [0.15, 0.2) is 5.76 Å². The molecule has 0 aliphatic heterocycles. The molecular formula is C24H31N3O5S. The van der Waals surface area contributed by atoms with Gasteiger partial charge < -0.3 is 20.2 Å². The van der Waals surface area contributed by atoms with Gasteiger partial charge in [0.25, 0.3) is 0 Å². The Bertz CT molecular complexity index is 955. The summed E-state index contributed by atoms with van der Waals surface area (Å²) in [6, 6.07) is 5.91. The minimum atomic E-state index is -1.15. The Hall–Kier alpha value is -2.81. The van der Waals surface area contributed by atoms with Crippen molar-refractivity contribution in [2.75, 3.05) is 0 Å². The quantitative estimate of drug-likeness (QED) is 0.393. The predicted octanol–water partition coefficient (Wildman–Crippen LogP) is 3.23. The van der Waals surface area contributed by atoms with Gasteiger partial charge in [-0.3, -0.25) is 14.6 Å². The Kier molecular flexibility index (Phi) is 8.18. The number of nitrogens with one attached hydrogen (secondary N) is 2. The molecule has 1 aliphatic carbocycles. The van der Waals surface area contributed by atoms with E-state index in [1.807, 2.05) is 13.8 Å². The van der Waals surface area contributed by atoms with E-state index >= 15 is 0 Å². The van der Waals surface area contributed by atoms with Crippen molar-refractivity contribution in [2.24, 2.45) is 5.92 Å². The van der Waals surface area contributed by atoms with Crippen LogP contribution in [0.5, 0.6) is 0 Å². The van der Waals surface area contributed by atoms with E-state index in [0.717, 1.165) is 19.3 Å². The van der Waals surface area contributed by atoms with Crippen LogP contribution in [-0.4, -0.2) is 44.7 Å². The fraction of sp³-hybridized carbons (Fsp3) is 0.500. The van der Waals surface area contributed by atoms with Gasteiger partial charge in [-0.25, -0.2) is 4.79 Å². The first-order chi connectivity index (χ1) is 15.8. The summed E-state index contributed by atoms with van der Waals surface area (Å²) in [6.07, 6.45) is 6.48. The lowest BCUT2D eigenvalue weighted by Crippen LogP contribution is -2.61. The molecule has 3 N–H and O–H groups in total. The molecule has 8 nitrogen and oxygen atoms in total. The largest absolute Gasteiger partial charge is 0.480 e. The monoisotopic (exact) mass is 473 g/mol. The van der Waals surface area contributed by atoms with Gasteiger partial charge in [0.1, 0.15) is 17.3 Å². The number of pyridine rings is 1. The fourth-order valence-corrected chi connectivity index (χ4v) is 4.30. The summed E-state index contributed by atoms with van der Waals surface area (Å²) in [5.74, 6) is -1.24. The molecule has 3 atom stereocenters. The van der Waals surface area contributed by atoms with Gasteiger partial charge in [0, 0.05) is 12.6 Å². The van der Waals surface area contributed by atoms with E-state index in [2.05, 4.69) is 28.2 Å². The highest BCUT2D eigenvalue weighted by Gasteiger charge is 2.44. The second-order valence-electron chi connectivity index (χ2n) is 8.71. The number of carboxylic acids is 1. The summed E-state index contributed by atoms with van der Waals surface area (Å²) < 4.78 is 5.32. The number of nitrogens with zero attached hydrogens (tertiary/aromatic N) is 1. The van der Waals surface area contributed by atoms with E-state index in [9.17, 15) is 19.5 Å². The van der Waals surface area contributed by atoms with Crippen LogP contribution in [0.3, 0.4) is 0 Å². The molecule has 3 rings (SSSR count). The van der Waals surface area contributed by atoms with Crippen LogP contribution in [0.4, 0.5) is 0 Å². The molecule has 2 aromatic rings. The van der Waals surface area contributed by atoms with Gasteiger partial charge in [-0.05, 0) is 42.5 Å². The zero-order valence-corrected chi connectivity index (χ0v) is 19.8. The van der Waals surface area contributed by atoms with E-state index in [1.54, 1.807) is 36.7 Å². The Morgan fingerprint density at radius 3 is 2.52 bits per heavy atom. The van der Waals surface area contributed by atoms with Crippen LogP contribution >= 0.6 is 12.6 Å². The minimum absolute atomic E-state index is 0.0539. The summed E-state index contributed by atoms with van der Waals surface area (Å²) in [4.78, 5) is 42.2. The number of thiol groups is 1. The van der Waals surface area contributed by atoms with Gasteiger partial charge >= 0.3 is 5.97 Å². The third-order valence-corrected chi connectivity index (χ3v) is 7.09. The lowest BCUT2D eigenvalue weighted by Gasteiger charge is -2.32. The van der Waals surface area contributed by atoms with Crippen LogP contribution in [0.15, 0.2) is 41.1 Å². The van der Waals surface area contributed by atoms with E-state index in [0.29, 0.717) is 29.9 Å². The standard InChI is InChI=1S/C24H31N3O5S/c1-3-15(2)20(33)21(28)27-24(10-4-5-11-24)23(31)26-18(22(29)30)13-16-8-9-17(25-14-16)19-7-6-12-32-19/h6-9,12,14-15,18,20,33H,3-5,10-11,13H2,1-2H3,(H,26,31)(H,27,28)(H,29,30)/t15-,18?,20-/m0/s1. The molecule has 9 heteroatoms. The van der Waals surface area contributed by atoms with Crippen LogP contribution in [-0.2, 0) is 20.8 Å². The SMILES string of the molecule is CC[C@H](C)[C@H](S)C(=O)NC1(C(=O)NC(Cc2ccc(-c3ccco3)nc2)C(=O)O)CCCC1. The molecule has 1 unspecified atom stereocenters. The average Bonchev–Trinajstić information content (AvgIpc) is 3.51. The number of amides is 2. The third-order valence-electron chi connectivity index (χ3n) is 6.35. The summed E-state index contributed by atoms with van der Waals surface area (Å²) in [6.45, 7) is 3.91. The molecule has 1 saturated carbocycles. The first-order valence-corrected chi connectivity index (χ1v) is 11.8. The van der Waals surface area contributed by atoms with Crippen molar-refractivity contribution < 1.29 is 23.9 Å². The minimum Gasteiger partial charge on any atom is -0.480 e. The number of rotatable bonds is 10. The summed E-state index contributed by atoms with van der Waals surface area (Å²) in [5.41, 5.74) is 0.185. The normalized spacial score (nSPS) is 17.7. The van der Waals surface area contributed by atoms with E-state index in [1.165, 1.54) is 0 Å². The van der Waals surface area contributed by atoms with Gasteiger partial charge in [-0.2, -0.15) is 12.6 Å². The maximum atomic E-state index is 13.2. The van der Waals surface area contributed by atoms with Crippen LogP contribution in [0.2, 0.25) is 0 Å². The van der Waals surface area contributed by atoms with Crippen LogP contribution < -0.4 is 10.6 Å². The fourth-order valence-electron chi connectivity index (χ4n) is 4.03. The number of carboxylic acid groups (broad SMARTS) is 1. The molecule has 2 aromatic heterocycles. The number of hydrogen-bond donors (Lipinski definition) is 4. The van der Waals surface area contributed by atoms with Gasteiger partial charge in [-0.15, -0.1) is 0 Å². The Balaban J connectivity index is 1.70. The van der Waals surface area contributed by atoms with E-state index in [4.69, 9.17) is 4.42 Å². The summed E-state index contributed by atoms with van der Waals surface area (Å²) in [7, 11) is 0. The molecule has 178 valence electrons. The van der Waals surface area contributed by atoms with Gasteiger partial charge in [-0.1, -0.05) is 39.2 Å². The number of aromatic nitrogens is 1. The molecule has 0 aromatic carbocycles. The Morgan fingerprint density at radius 2 is 1.97 bits per heavy atom. The van der Waals surface area contributed by atoms with Crippen molar-refractivity contribution in [1.82, 2.24) is 15.6 Å². The average molecular weight is 474 g/mol. The third kappa shape index (κ3) is 5.96. The molecule has 1 fully saturated rings. The van der Waals surface area contributed by atoms with Gasteiger partial charge in [0.05, 0.1) is 11.5 Å². The first-order valence-electron chi connectivity index (χ1n) is 11.3. The molecular weight excluding hydrogens is 442 g/mol. The van der Waals surface area contributed by atoms with E-state index < -0.39 is 28.7 Å². The molecule has 0 spiro atoms. The second kappa shape index (κ2) is 10.9. The maximum Gasteiger partial charge on any atom is 0.326 e. The van der Waals surface area contributed by atoms with Crippen LogP contribution in [0, 0.1) is 5.92 Å². The number of furan rings is 1. The molecule has 0 bridgehead atoms. The van der Waals surface area contributed by atoms with Crippen molar-refractivity contribution >= 4 is 30.4 Å². The second-order valence-corrected chi connectivity index (χ2v) is 9.26. The maximum absolute atomic E-state index is 13.2. The lowest BCUT2D eigenvalue weighted by atomic mass is 9.93. The molecule has 0 saturated heterocycles. The zero-order chi connectivity index (χ0) is 24.0. The van der Waals surface area contributed by atoms with Crippen molar-refractivity contribution in [1.29, 1.82) is 0 Å². The highest BCUT2D eigenvalue weighted by Crippen LogP contribution is 2.31. The van der Waals surface area contributed by atoms with Crippen LogP contribution in [0.25, 0.3) is 11.5 Å². The summed E-state index contributed by atoms with van der Waals surface area (Å²) >= 11 is 4.43. The lowest BCUT2D eigenvalue weighted by molar-refractivity contribution is -0.143. The highest BCUT2D eigenvalue weighted by molar-refractivity contribution is 7.81. The van der Waals surface area contributed by atoms with Crippen molar-refractivity contribution in [2.45, 2.75) is 69.2 Å². The number of carbonyl (C=O) groups excluding carboxylic acids is 2. The Labute approximate surface area is 199 Å². The topological polar surface area (TPSA) is 122 Å². The summed E-state index contributed by atoms with van der Waals surface area (Å²) in [5, 5.41) is 14.8. The molecule has 0 radical (unpaired) electrons. The van der Waals surface area contributed by atoms with E-state index in [-0.39, 0.29) is 18.2 Å². The number of hydrogen-bond acceptors (Lipinski definition) is 6. The molecule has 1 aliphatic rings. The molecule has 33 heavy (non-hydrogen) atoms. The Morgan fingerprint density at radius 1 is 1.24 bits per heavy atom.